The molecule has 5 nitrogen and oxygen atoms in total. The average Bonchev–Trinajstić information content (AvgIpc) is 3.40. The van der Waals surface area contributed by atoms with Crippen molar-refractivity contribution in [2.24, 2.45) is 5.92 Å². The number of fused-ring (bicyclic) bond motifs is 1. The van der Waals surface area contributed by atoms with Gasteiger partial charge in [0, 0.05) is 30.6 Å². The minimum Gasteiger partial charge on any atom is -0.390 e. The third kappa shape index (κ3) is 3.58. The lowest BCUT2D eigenvalue weighted by atomic mass is 9.93. The summed E-state index contributed by atoms with van der Waals surface area (Å²) >= 11 is 6.48. The summed E-state index contributed by atoms with van der Waals surface area (Å²) in [5, 5.41) is 15.7. The summed E-state index contributed by atoms with van der Waals surface area (Å²) in [5.41, 5.74) is 0.375. The van der Waals surface area contributed by atoms with Gasteiger partial charge in [-0.1, -0.05) is 11.6 Å². The third-order valence-corrected chi connectivity index (χ3v) is 5.47. The number of hydrogen-bond acceptors (Lipinski definition) is 4. The van der Waals surface area contributed by atoms with Crippen molar-refractivity contribution >= 4 is 39.8 Å². The molecule has 4 rings (SSSR count). The molecule has 1 aromatic carbocycles. The maximum absolute atomic E-state index is 11.9. The van der Waals surface area contributed by atoms with Gasteiger partial charge in [-0.15, -0.1) is 0 Å². The number of anilines is 2. The van der Waals surface area contributed by atoms with Crippen LogP contribution in [-0.4, -0.2) is 34.7 Å². The van der Waals surface area contributed by atoms with Crippen LogP contribution >= 0.6 is 11.6 Å². The van der Waals surface area contributed by atoms with Gasteiger partial charge in [0.05, 0.1) is 16.3 Å². The number of pyridine rings is 1. The molecule has 1 aromatic heterocycles. The van der Waals surface area contributed by atoms with Gasteiger partial charge in [-0.05, 0) is 56.2 Å². The molecule has 0 radical (unpaired) electrons. The molecule has 6 heteroatoms. The van der Waals surface area contributed by atoms with Crippen LogP contribution in [0, 0.1) is 5.92 Å². The lowest BCUT2D eigenvalue weighted by Crippen LogP contribution is -2.42. The number of nitrogens with zero attached hydrogens (tertiary/aromatic N) is 2. The first-order chi connectivity index (χ1) is 11.9. The molecule has 25 heavy (non-hydrogen) atoms. The lowest BCUT2D eigenvalue weighted by Gasteiger charge is -2.37. The number of aliphatic hydroxyl groups is 1. The summed E-state index contributed by atoms with van der Waals surface area (Å²) in [6.45, 7) is 3.43. The fraction of sp³-hybridized carbons (Fsp3) is 0.474. The normalized spacial score (nSPS) is 19.9. The Labute approximate surface area is 152 Å². The van der Waals surface area contributed by atoms with Gasteiger partial charge in [-0.25, -0.2) is 4.98 Å². The minimum atomic E-state index is -0.593. The maximum atomic E-state index is 11.9. The highest BCUT2D eigenvalue weighted by molar-refractivity contribution is 6.34. The average molecular weight is 360 g/mol. The highest BCUT2D eigenvalue weighted by Crippen LogP contribution is 2.35. The molecule has 2 heterocycles. The van der Waals surface area contributed by atoms with Gasteiger partial charge < -0.3 is 15.3 Å². The standard InChI is InChI=1S/C19H22ClN3O2/c1-19(25)4-6-23(7-5-19)16-9-13-10-17(22-18(24)12-2-3-12)21-11-14(13)8-15(16)20/h8-12,25H,2-7H2,1H3,(H,21,22,24). The zero-order chi connectivity index (χ0) is 17.6. The first-order valence-electron chi connectivity index (χ1n) is 8.79. The van der Waals surface area contributed by atoms with Crippen LogP contribution in [0.1, 0.15) is 32.6 Å². The van der Waals surface area contributed by atoms with Crippen LogP contribution < -0.4 is 10.2 Å². The Morgan fingerprint density at radius 2 is 2.00 bits per heavy atom. The third-order valence-electron chi connectivity index (χ3n) is 5.17. The number of piperidine rings is 1. The fourth-order valence-electron chi connectivity index (χ4n) is 3.27. The molecule has 2 aliphatic rings. The molecular weight excluding hydrogens is 338 g/mol. The number of carbonyl (C=O) groups is 1. The van der Waals surface area contributed by atoms with E-state index >= 15 is 0 Å². The van der Waals surface area contributed by atoms with Crippen molar-refractivity contribution in [1.82, 2.24) is 4.98 Å². The molecule has 2 N–H and O–H groups in total. The Morgan fingerprint density at radius 1 is 1.28 bits per heavy atom. The van der Waals surface area contributed by atoms with Crippen molar-refractivity contribution in [1.29, 1.82) is 0 Å². The van der Waals surface area contributed by atoms with Crippen LogP contribution in [0.2, 0.25) is 5.02 Å². The maximum Gasteiger partial charge on any atom is 0.228 e. The number of carbonyl (C=O) groups excluding carboxylic acids is 1. The van der Waals surface area contributed by atoms with Gasteiger partial charge in [-0.2, -0.15) is 0 Å². The molecule has 1 saturated carbocycles. The van der Waals surface area contributed by atoms with Crippen LogP contribution in [0.15, 0.2) is 24.4 Å². The van der Waals surface area contributed by atoms with Crippen LogP contribution in [0.25, 0.3) is 10.8 Å². The number of rotatable bonds is 3. The highest BCUT2D eigenvalue weighted by Gasteiger charge is 2.30. The number of halogens is 1. The van der Waals surface area contributed by atoms with E-state index in [1.54, 1.807) is 6.20 Å². The fourth-order valence-corrected chi connectivity index (χ4v) is 3.56. The van der Waals surface area contributed by atoms with Gasteiger partial charge in [0.2, 0.25) is 5.91 Å². The van der Waals surface area contributed by atoms with Crippen LogP contribution in [-0.2, 0) is 4.79 Å². The molecule has 1 saturated heterocycles. The van der Waals surface area contributed by atoms with Crippen molar-refractivity contribution in [2.45, 2.75) is 38.2 Å². The van der Waals surface area contributed by atoms with E-state index in [0.717, 1.165) is 55.2 Å². The minimum absolute atomic E-state index is 0.0549. The topological polar surface area (TPSA) is 65.5 Å². The monoisotopic (exact) mass is 359 g/mol. The molecule has 0 bridgehead atoms. The Morgan fingerprint density at radius 3 is 2.68 bits per heavy atom. The van der Waals surface area contributed by atoms with Gasteiger partial charge in [0.1, 0.15) is 5.82 Å². The van der Waals surface area contributed by atoms with E-state index in [2.05, 4.69) is 15.2 Å². The molecule has 2 fully saturated rings. The second-order valence-electron chi connectivity index (χ2n) is 7.47. The number of aromatic nitrogens is 1. The summed E-state index contributed by atoms with van der Waals surface area (Å²) in [4.78, 5) is 18.5. The second kappa shape index (κ2) is 6.15. The zero-order valence-electron chi connectivity index (χ0n) is 14.3. The SMILES string of the molecule is CC1(O)CCN(c2cc3cc(NC(=O)C4CC4)ncc3cc2Cl)CC1. The van der Waals surface area contributed by atoms with E-state index in [4.69, 9.17) is 11.6 Å². The molecule has 0 spiro atoms. The lowest BCUT2D eigenvalue weighted by molar-refractivity contribution is -0.117. The summed E-state index contributed by atoms with van der Waals surface area (Å²) in [6, 6.07) is 5.86. The van der Waals surface area contributed by atoms with E-state index in [-0.39, 0.29) is 11.8 Å². The number of amides is 1. The quantitative estimate of drug-likeness (QED) is 0.879. The van der Waals surface area contributed by atoms with E-state index < -0.39 is 5.60 Å². The van der Waals surface area contributed by atoms with E-state index in [0.29, 0.717) is 10.8 Å². The number of benzene rings is 1. The molecule has 132 valence electrons. The van der Waals surface area contributed by atoms with Crippen LogP contribution in [0.5, 0.6) is 0 Å². The Kier molecular flexibility index (Phi) is 4.08. The smallest absolute Gasteiger partial charge is 0.228 e. The zero-order valence-corrected chi connectivity index (χ0v) is 15.0. The second-order valence-corrected chi connectivity index (χ2v) is 7.88. The van der Waals surface area contributed by atoms with E-state index in [1.807, 2.05) is 25.1 Å². The molecular formula is C19H22ClN3O2. The van der Waals surface area contributed by atoms with E-state index in [9.17, 15) is 9.90 Å². The van der Waals surface area contributed by atoms with Crippen LogP contribution in [0.4, 0.5) is 11.5 Å². The molecule has 2 aromatic rings. The molecule has 1 aliphatic heterocycles. The molecule has 0 atom stereocenters. The highest BCUT2D eigenvalue weighted by atomic mass is 35.5. The first-order valence-corrected chi connectivity index (χ1v) is 9.17. The molecule has 1 aliphatic carbocycles. The van der Waals surface area contributed by atoms with Gasteiger partial charge in [0.15, 0.2) is 0 Å². The summed E-state index contributed by atoms with van der Waals surface area (Å²) in [7, 11) is 0. The summed E-state index contributed by atoms with van der Waals surface area (Å²) < 4.78 is 0. The van der Waals surface area contributed by atoms with Crippen molar-refractivity contribution < 1.29 is 9.90 Å². The van der Waals surface area contributed by atoms with Crippen LogP contribution in [0.3, 0.4) is 0 Å². The van der Waals surface area contributed by atoms with Crippen molar-refractivity contribution in [3.63, 3.8) is 0 Å². The van der Waals surface area contributed by atoms with Gasteiger partial charge in [-0.3, -0.25) is 4.79 Å². The van der Waals surface area contributed by atoms with Crippen molar-refractivity contribution in [3.05, 3.63) is 29.4 Å². The number of hydrogen-bond donors (Lipinski definition) is 2. The predicted molar refractivity (Wildman–Crippen MR) is 100 cm³/mol. The first kappa shape index (κ1) is 16.6. The van der Waals surface area contributed by atoms with Gasteiger partial charge >= 0.3 is 0 Å². The number of nitrogens with one attached hydrogen (secondary N) is 1. The summed E-state index contributed by atoms with van der Waals surface area (Å²) in [5.74, 6) is 0.790. The predicted octanol–water partition coefficient (Wildman–Crippen LogP) is 3.59. The molecule has 1 amide bonds. The Balaban J connectivity index is 1.61. The Hall–Kier alpha value is -1.85. The van der Waals surface area contributed by atoms with Crippen molar-refractivity contribution in [2.75, 3.05) is 23.3 Å². The van der Waals surface area contributed by atoms with Gasteiger partial charge in [0.25, 0.3) is 0 Å². The van der Waals surface area contributed by atoms with E-state index in [1.165, 1.54) is 0 Å². The Bertz CT molecular complexity index is 823. The summed E-state index contributed by atoms with van der Waals surface area (Å²) in [6.07, 6.45) is 5.13. The molecule has 0 unspecified atom stereocenters. The largest absolute Gasteiger partial charge is 0.390 e. The van der Waals surface area contributed by atoms with Crippen molar-refractivity contribution in [3.8, 4) is 0 Å².